The first kappa shape index (κ1) is 76.6. The highest BCUT2D eigenvalue weighted by Crippen LogP contribution is 2.64. The van der Waals surface area contributed by atoms with E-state index in [1.54, 1.807) is 37.2 Å². The molecule has 0 atom stereocenters. The average molecular weight is 1710 g/mol. The third-order valence-electron chi connectivity index (χ3n) is 28.6. The van der Waals surface area contributed by atoms with Crippen LogP contribution < -0.4 is 0 Å². The Bertz CT molecular complexity index is 9480. The van der Waals surface area contributed by atoms with E-state index in [1.165, 1.54) is 192 Å². The second kappa shape index (κ2) is 30.1. The molecule has 9 heteroatoms. The molecule has 0 fully saturated rings. The molecule has 9 nitrogen and oxygen atoms in total. The SMILES string of the molecule is CC(C)c1ccc2c(c1)c1ccccc1n2-c1cccc(-c2ccc3c(c2)c2ccccc2c2nccnc32)c1.Cc1ccc2c(c1)c1ccccc1n2-c1cccc(-c2ccc3c(c2)c2ccccc2c2nccnc32)c1.c1ccc2c(c1)-c1ccccc1C21c2cc(-c3ccc4c(c3)c3ccccc3c3nccnc43)ccc2-c2ccc(-n3c4ccccc4c4ccccc43)cc21. The molecule has 1 spiro atoms. The average Bonchev–Trinajstić information content (AvgIpc) is 1.50. The van der Waals surface area contributed by atoms with Crippen molar-refractivity contribution in [1.82, 2.24) is 43.6 Å². The van der Waals surface area contributed by atoms with Gasteiger partial charge in [-0.25, -0.2) is 0 Å². The van der Waals surface area contributed by atoms with E-state index in [2.05, 4.69) is 439 Å². The summed E-state index contributed by atoms with van der Waals surface area (Å²) >= 11 is 0. The van der Waals surface area contributed by atoms with Crippen molar-refractivity contribution in [2.24, 2.45) is 0 Å². The molecule has 0 aliphatic heterocycles. The van der Waals surface area contributed by atoms with E-state index in [0.29, 0.717) is 5.92 Å². The van der Waals surface area contributed by atoms with Crippen molar-refractivity contribution in [1.29, 1.82) is 0 Å². The van der Waals surface area contributed by atoms with Crippen LogP contribution >= 0.6 is 0 Å². The number of para-hydroxylation sites is 4. The Labute approximate surface area is 771 Å². The van der Waals surface area contributed by atoms with Crippen LogP contribution in [0, 0.1) is 6.92 Å². The monoisotopic (exact) mass is 1710 g/mol. The van der Waals surface area contributed by atoms with E-state index < -0.39 is 5.41 Å². The minimum atomic E-state index is -0.488. The van der Waals surface area contributed by atoms with Gasteiger partial charge in [-0.15, -0.1) is 0 Å². The summed E-state index contributed by atoms with van der Waals surface area (Å²) < 4.78 is 7.23. The molecule has 29 rings (SSSR count). The van der Waals surface area contributed by atoms with Gasteiger partial charge in [-0.2, -0.15) is 0 Å². The topological polar surface area (TPSA) is 92.1 Å². The van der Waals surface area contributed by atoms with Crippen LogP contribution in [0.3, 0.4) is 0 Å². The fraction of sp³-hybridized carbons (Fsp3) is 0.0400. The standard InChI is InChI=1S/C53H31N3.C37H27N3.C35H23N3/c1-2-16-42-35(11-1)44-29-32(22-25-43(44)52-51(42)54-27-28-55-52)33-21-24-38-39-26-23-34(56-49-19-9-5-14-40(49)41-15-6-10-20-50(41)56)31-48(39)53(47(38)30-33)45-17-7-3-12-36(45)37-13-4-8-18-46(37)53;1-23(2)24-15-17-35-33(21-24)29-11-5-6-13-34(29)40(35)27-9-7-8-25(20-27)26-14-16-31-32(22-26)28-10-3-4-12-30(28)36-37(31)39-19-18-38-36;1-22-13-16-33-31(19-22)27-10-4-5-12-32(27)38(33)25-8-6-7-23(20-25)24-14-15-29-30(21-24)26-9-2-3-11-28(26)34-35(29)37-18-17-36-34/h1-31H;3-23H,1-2H3;2-21H,1H3. The molecule has 0 N–H and O–H groups in total. The number of benzene rings is 21. The molecule has 0 saturated carbocycles. The van der Waals surface area contributed by atoms with Gasteiger partial charge in [0.15, 0.2) is 0 Å². The summed E-state index contributed by atoms with van der Waals surface area (Å²) in [5.41, 5.74) is 36.3. The van der Waals surface area contributed by atoms with Crippen LogP contribution in [0.4, 0.5) is 0 Å². The second-order valence-corrected chi connectivity index (χ2v) is 36.1. The van der Waals surface area contributed by atoms with Gasteiger partial charge in [-0.3, -0.25) is 29.9 Å². The molecule has 134 heavy (non-hydrogen) atoms. The minimum Gasteiger partial charge on any atom is -0.309 e. The van der Waals surface area contributed by atoms with Gasteiger partial charge in [0.2, 0.25) is 0 Å². The number of aromatic nitrogens is 9. The number of nitrogens with zero attached hydrogens (tertiary/aromatic N) is 9. The van der Waals surface area contributed by atoms with Gasteiger partial charge < -0.3 is 13.7 Å². The maximum Gasteiger partial charge on any atom is 0.0971 e. The molecule has 626 valence electrons. The summed E-state index contributed by atoms with van der Waals surface area (Å²) in [6.07, 6.45) is 10.7. The van der Waals surface area contributed by atoms with Gasteiger partial charge in [0.1, 0.15) is 0 Å². The molecule has 0 radical (unpaired) electrons. The Morgan fingerprint density at radius 3 is 0.910 bits per heavy atom. The highest BCUT2D eigenvalue weighted by molar-refractivity contribution is 6.27. The van der Waals surface area contributed by atoms with Crippen LogP contribution in [-0.2, 0) is 5.41 Å². The van der Waals surface area contributed by atoms with Gasteiger partial charge in [0.25, 0.3) is 0 Å². The molecule has 2 aliphatic rings. The maximum atomic E-state index is 4.82. The number of hydrogen-bond donors (Lipinski definition) is 0. The fourth-order valence-corrected chi connectivity index (χ4v) is 22.7. The molecule has 0 unspecified atom stereocenters. The third kappa shape index (κ3) is 11.6. The summed E-state index contributed by atoms with van der Waals surface area (Å²) in [7, 11) is 0. The lowest BCUT2D eigenvalue weighted by Crippen LogP contribution is -2.26. The smallest absolute Gasteiger partial charge is 0.0971 e. The number of aryl methyl sites for hydroxylation is 1. The molecule has 6 aromatic heterocycles. The van der Waals surface area contributed by atoms with Crippen molar-refractivity contribution in [3.05, 3.63) is 465 Å². The maximum absolute atomic E-state index is 4.82. The summed E-state index contributed by atoms with van der Waals surface area (Å²) in [5, 5.41) is 21.7. The molecule has 0 amide bonds. The molecule has 6 heterocycles. The van der Waals surface area contributed by atoms with E-state index in [-0.39, 0.29) is 0 Å². The summed E-state index contributed by atoms with van der Waals surface area (Å²) in [6, 6.07) is 145. The molecule has 21 aromatic carbocycles. The van der Waals surface area contributed by atoms with Gasteiger partial charge in [0, 0.05) is 119 Å². The van der Waals surface area contributed by atoms with Crippen molar-refractivity contribution in [2.45, 2.75) is 32.1 Å². The van der Waals surface area contributed by atoms with Gasteiger partial charge in [0.05, 0.1) is 71.6 Å². The van der Waals surface area contributed by atoms with Crippen LogP contribution in [0.1, 0.15) is 53.1 Å². The van der Waals surface area contributed by atoms with Gasteiger partial charge in [-0.1, -0.05) is 305 Å². The lowest BCUT2D eigenvalue weighted by molar-refractivity contribution is 0.793. The quantitative estimate of drug-likeness (QED) is 0.148. The van der Waals surface area contributed by atoms with Crippen molar-refractivity contribution in [3.63, 3.8) is 0 Å². The zero-order chi connectivity index (χ0) is 88.5. The zero-order valence-electron chi connectivity index (χ0n) is 73.6. The Morgan fingerprint density at radius 1 is 0.194 bits per heavy atom. The van der Waals surface area contributed by atoms with Crippen LogP contribution in [0.2, 0.25) is 0 Å². The lowest BCUT2D eigenvalue weighted by atomic mass is 9.70. The van der Waals surface area contributed by atoms with Crippen LogP contribution in [0.25, 0.3) is 236 Å². The van der Waals surface area contributed by atoms with Crippen molar-refractivity contribution >= 4 is 163 Å². The lowest BCUT2D eigenvalue weighted by Gasteiger charge is -2.31. The Balaban J connectivity index is 0.000000105. The predicted molar refractivity (Wildman–Crippen MR) is 558 cm³/mol. The second-order valence-electron chi connectivity index (χ2n) is 36.1. The highest BCUT2D eigenvalue weighted by Gasteiger charge is 2.52. The largest absolute Gasteiger partial charge is 0.309 e. The van der Waals surface area contributed by atoms with Crippen LogP contribution in [0.15, 0.2) is 431 Å². The van der Waals surface area contributed by atoms with Crippen molar-refractivity contribution in [3.8, 4) is 72.7 Å². The Kier molecular flexibility index (Phi) is 17.2. The molecular weight excluding hydrogens is 1630 g/mol. The first-order chi connectivity index (χ1) is 66.2. The number of fused-ring (bicyclic) bond motifs is 37. The summed E-state index contributed by atoms with van der Waals surface area (Å²) in [6.45, 7) is 6.67. The van der Waals surface area contributed by atoms with Gasteiger partial charge >= 0.3 is 0 Å². The summed E-state index contributed by atoms with van der Waals surface area (Å²) in [5.74, 6) is 0.488. The Hall–Kier alpha value is -17.4. The van der Waals surface area contributed by atoms with Crippen LogP contribution in [-0.4, -0.2) is 43.6 Å². The minimum absolute atomic E-state index is 0.488. The highest BCUT2D eigenvalue weighted by atomic mass is 15.0. The van der Waals surface area contributed by atoms with E-state index in [4.69, 9.17) is 19.9 Å². The van der Waals surface area contributed by atoms with E-state index >= 15 is 0 Å². The Morgan fingerprint density at radius 2 is 0.493 bits per heavy atom. The number of hydrogen-bond acceptors (Lipinski definition) is 6. The van der Waals surface area contributed by atoms with Gasteiger partial charge in [-0.05, 0) is 238 Å². The summed E-state index contributed by atoms with van der Waals surface area (Å²) in [4.78, 5) is 28.4. The molecule has 0 saturated heterocycles. The third-order valence-corrected chi connectivity index (χ3v) is 28.6. The molecular formula is C125H81N9. The number of rotatable bonds is 7. The predicted octanol–water partition coefficient (Wildman–Crippen LogP) is 31.9. The molecule has 27 aromatic rings. The molecule has 0 bridgehead atoms. The first-order valence-corrected chi connectivity index (χ1v) is 46.1. The zero-order valence-corrected chi connectivity index (χ0v) is 73.6. The van der Waals surface area contributed by atoms with Crippen molar-refractivity contribution in [2.75, 3.05) is 0 Å². The first-order valence-electron chi connectivity index (χ1n) is 46.1. The van der Waals surface area contributed by atoms with Crippen molar-refractivity contribution < 1.29 is 0 Å². The molecule has 2 aliphatic carbocycles. The van der Waals surface area contributed by atoms with E-state index in [9.17, 15) is 0 Å². The normalized spacial score (nSPS) is 12.6. The van der Waals surface area contributed by atoms with E-state index in [0.717, 1.165) is 76.8 Å². The van der Waals surface area contributed by atoms with E-state index in [1.807, 2.05) is 0 Å². The fourth-order valence-electron chi connectivity index (χ4n) is 22.7. The van der Waals surface area contributed by atoms with Crippen LogP contribution in [0.5, 0.6) is 0 Å².